The molecule has 0 aliphatic carbocycles. The molecule has 92 valence electrons. The molecule has 0 bridgehead atoms. The summed E-state index contributed by atoms with van der Waals surface area (Å²) in [6.07, 6.45) is 2.51. The summed E-state index contributed by atoms with van der Waals surface area (Å²) in [5.41, 5.74) is 5.28. The first-order valence-electron chi connectivity index (χ1n) is 5.85. The second-order valence-corrected chi connectivity index (χ2v) is 3.67. The average Bonchev–Trinajstić information content (AvgIpc) is 2.25. The van der Waals surface area contributed by atoms with Crippen LogP contribution in [-0.2, 0) is 9.47 Å². The van der Waals surface area contributed by atoms with E-state index in [1.807, 2.05) is 0 Å². The van der Waals surface area contributed by atoms with Crippen LogP contribution < -0.4 is 5.73 Å². The lowest BCUT2D eigenvalue weighted by Crippen LogP contribution is -2.24. The van der Waals surface area contributed by atoms with Gasteiger partial charge in [-0.2, -0.15) is 0 Å². The van der Waals surface area contributed by atoms with Crippen LogP contribution >= 0.6 is 0 Å². The lowest BCUT2D eigenvalue weighted by atomic mass is 10.3. The van der Waals surface area contributed by atoms with E-state index in [4.69, 9.17) is 15.2 Å². The molecular formula is C11H26N2O2. The van der Waals surface area contributed by atoms with Crippen LogP contribution in [0.4, 0.5) is 0 Å². The van der Waals surface area contributed by atoms with Crippen molar-refractivity contribution >= 4 is 0 Å². The number of rotatable bonds is 11. The quantitative estimate of drug-likeness (QED) is 0.519. The lowest BCUT2D eigenvalue weighted by molar-refractivity contribution is 0.0434. The summed E-state index contributed by atoms with van der Waals surface area (Å²) in [4.78, 5) is 2.30. The Labute approximate surface area is 93.7 Å². The molecule has 0 aromatic carbocycles. The number of ether oxygens (including phenoxy) is 2. The van der Waals surface area contributed by atoms with Crippen LogP contribution in [0.2, 0.25) is 0 Å². The zero-order valence-electron chi connectivity index (χ0n) is 10.2. The SMILES string of the molecule is CCCCN(C)CCOCCOCCN. The van der Waals surface area contributed by atoms with Crippen molar-refractivity contribution in [1.82, 2.24) is 4.90 Å². The van der Waals surface area contributed by atoms with Crippen LogP contribution in [0, 0.1) is 0 Å². The smallest absolute Gasteiger partial charge is 0.0701 e. The molecule has 2 N–H and O–H groups in total. The van der Waals surface area contributed by atoms with Gasteiger partial charge in [-0.15, -0.1) is 0 Å². The predicted molar refractivity (Wildman–Crippen MR) is 63.1 cm³/mol. The molecule has 0 aliphatic heterocycles. The minimum Gasteiger partial charge on any atom is -0.378 e. The molecule has 0 rings (SSSR count). The molecule has 0 aromatic heterocycles. The number of likely N-dealkylation sites (N-methyl/N-ethyl adjacent to an activating group) is 1. The van der Waals surface area contributed by atoms with Gasteiger partial charge in [-0.25, -0.2) is 0 Å². The molecule has 0 spiro atoms. The highest BCUT2D eigenvalue weighted by Crippen LogP contribution is 1.91. The highest BCUT2D eigenvalue weighted by molar-refractivity contribution is 4.49. The van der Waals surface area contributed by atoms with E-state index in [-0.39, 0.29) is 0 Å². The van der Waals surface area contributed by atoms with E-state index in [1.54, 1.807) is 0 Å². The van der Waals surface area contributed by atoms with Crippen LogP contribution in [-0.4, -0.2) is 58.0 Å². The molecule has 0 fully saturated rings. The number of nitrogens with two attached hydrogens (primary N) is 1. The van der Waals surface area contributed by atoms with E-state index >= 15 is 0 Å². The van der Waals surface area contributed by atoms with Gasteiger partial charge in [-0.05, 0) is 20.0 Å². The van der Waals surface area contributed by atoms with Gasteiger partial charge in [0.25, 0.3) is 0 Å². The van der Waals surface area contributed by atoms with Crippen molar-refractivity contribution in [1.29, 1.82) is 0 Å². The second kappa shape index (κ2) is 11.9. The van der Waals surface area contributed by atoms with E-state index in [0.717, 1.165) is 19.7 Å². The Morgan fingerprint density at radius 3 is 2.27 bits per heavy atom. The Hall–Kier alpha value is -0.160. The van der Waals surface area contributed by atoms with Gasteiger partial charge in [0.1, 0.15) is 0 Å². The largest absolute Gasteiger partial charge is 0.378 e. The van der Waals surface area contributed by atoms with Crippen LogP contribution in [0.15, 0.2) is 0 Å². The highest BCUT2D eigenvalue weighted by Gasteiger charge is 1.96. The summed E-state index contributed by atoms with van der Waals surface area (Å²) in [6.45, 7) is 7.67. The normalized spacial score (nSPS) is 11.2. The van der Waals surface area contributed by atoms with Gasteiger partial charge in [0.2, 0.25) is 0 Å². The van der Waals surface area contributed by atoms with Gasteiger partial charge >= 0.3 is 0 Å². The molecule has 0 unspecified atom stereocenters. The third-order valence-electron chi connectivity index (χ3n) is 2.14. The Morgan fingerprint density at radius 2 is 1.67 bits per heavy atom. The Bertz CT molecular complexity index is 123. The molecule has 0 amide bonds. The van der Waals surface area contributed by atoms with Crippen LogP contribution in [0.1, 0.15) is 19.8 Å². The third-order valence-corrected chi connectivity index (χ3v) is 2.14. The fourth-order valence-electron chi connectivity index (χ4n) is 1.17. The molecule has 0 atom stereocenters. The van der Waals surface area contributed by atoms with Crippen molar-refractivity contribution in [2.24, 2.45) is 5.73 Å². The molecule has 4 nitrogen and oxygen atoms in total. The predicted octanol–water partition coefficient (Wildman–Crippen LogP) is 0.710. The number of unbranched alkanes of at least 4 members (excludes halogenated alkanes) is 1. The van der Waals surface area contributed by atoms with E-state index in [2.05, 4.69) is 18.9 Å². The molecule has 0 heterocycles. The standard InChI is InChI=1S/C11H26N2O2/c1-3-4-6-13(2)7-9-15-11-10-14-8-5-12/h3-12H2,1-2H3. The van der Waals surface area contributed by atoms with Gasteiger partial charge in [-0.1, -0.05) is 13.3 Å². The Morgan fingerprint density at radius 1 is 1.00 bits per heavy atom. The van der Waals surface area contributed by atoms with Gasteiger partial charge < -0.3 is 20.1 Å². The molecule has 15 heavy (non-hydrogen) atoms. The topological polar surface area (TPSA) is 47.7 Å². The maximum absolute atomic E-state index is 5.42. The van der Waals surface area contributed by atoms with Gasteiger partial charge in [0, 0.05) is 13.1 Å². The molecular weight excluding hydrogens is 192 g/mol. The van der Waals surface area contributed by atoms with E-state index < -0.39 is 0 Å². The van der Waals surface area contributed by atoms with Crippen LogP contribution in [0.25, 0.3) is 0 Å². The number of hydrogen-bond donors (Lipinski definition) is 1. The Kier molecular flexibility index (Phi) is 11.8. The zero-order chi connectivity index (χ0) is 11.4. The first kappa shape index (κ1) is 14.8. The fourth-order valence-corrected chi connectivity index (χ4v) is 1.17. The minimum atomic E-state index is 0.583. The van der Waals surface area contributed by atoms with Crippen molar-refractivity contribution in [2.45, 2.75) is 19.8 Å². The lowest BCUT2D eigenvalue weighted by Gasteiger charge is -2.15. The summed E-state index contributed by atoms with van der Waals surface area (Å²) >= 11 is 0. The van der Waals surface area contributed by atoms with Gasteiger partial charge in [0.05, 0.1) is 26.4 Å². The minimum absolute atomic E-state index is 0.583. The van der Waals surface area contributed by atoms with E-state index in [1.165, 1.54) is 12.8 Å². The van der Waals surface area contributed by atoms with Crippen LogP contribution in [0.3, 0.4) is 0 Å². The maximum Gasteiger partial charge on any atom is 0.0701 e. The average molecular weight is 218 g/mol. The number of nitrogens with zero attached hydrogens (tertiary/aromatic N) is 1. The zero-order valence-corrected chi connectivity index (χ0v) is 10.2. The summed E-state index contributed by atoms with van der Waals surface area (Å²) in [7, 11) is 2.13. The van der Waals surface area contributed by atoms with Crippen molar-refractivity contribution in [3.05, 3.63) is 0 Å². The molecule has 0 saturated heterocycles. The molecule has 4 heteroatoms. The molecule has 0 aliphatic rings. The Balaban J connectivity index is 3.02. The molecule has 0 saturated carbocycles. The first-order chi connectivity index (χ1) is 7.31. The first-order valence-corrected chi connectivity index (χ1v) is 5.85. The molecule has 0 radical (unpaired) electrons. The van der Waals surface area contributed by atoms with E-state index in [0.29, 0.717) is 26.4 Å². The summed E-state index contributed by atoms with van der Waals surface area (Å²) in [6, 6.07) is 0. The molecule has 0 aromatic rings. The van der Waals surface area contributed by atoms with Crippen molar-refractivity contribution in [3.63, 3.8) is 0 Å². The van der Waals surface area contributed by atoms with E-state index in [9.17, 15) is 0 Å². The second-order valence-electron chi connectivity index (χ2n) is 3.67. The van der Waals surface area contributed by atoms with Gasteiger partial charge in [0.15, 0.2) is 0 Å². The van der Waals surface area contributed by atoms with Crippen molar-refractivity contribution in [2.75, 3.05) is 53.1 Å². The highest BCUT2D eigenvalue weighted by atomic mass is 16.5. The van der Waals surface area contributed by atoms with Crippen LogP contribution in [0.5, 0.6) is 0 Å². The fraction of sp³-hybridized carbons (Fsp3) is 1.00. The van der Waals surface area contributed by atoms with Gasteiger partial charge in [-0.3, -0.25) is 0 Å². The van der Waals surface area contributed by atoms with Crippen molar-refractivity contribution in [3.8, 4) is 0 Å². The summed E-state index contributed by atoms with van der Waals surface area (Å²) in [5.74, 6) is 0. The third kappa shape index (κ3) is 11.8. The maximum atomic E-state index is 5.42. The van der Waals surface area contributed by atoms with Crippen molar-refractivity contribution < 1.29 is 9.47 Å². The monoisotopic (exact) mass is 218 g/mol. The summed E-state index contributed by atoms with van der Waals surface area (Å²) < 4.78 is 10.6. The summed E-state index contributed by atoms with van der Waals surface area (Å²) in [5, 5.41) is 0. The number of hydrogen-bond acceptors (Lipinski definition) is 4.